The number of benzene rings is 1. The summed E-state index contributed by atoms with van der Waals surface area (Å²) >= 11 is 0. The smallest absolute Gasteiger partial charge is 0.410 e. The Kier molecular flexibility index (Phi) is 10.1. The second-order valence-corrected chi connectivity index (χ2v) is 17.5. The van der Waals surface area contributed by atoms with E-state index in [4.69, 9.17) is 9.47 Å². The van der Waals surface area contributed by atoms with Crippen molar-refractivity contribution in [3.8, 4) is 0 Å². The number of alkyl carbamates (subject to hydrolysis) is 1. The van der Waals surface area contributed by atoms with Gasteiger partial charge in [0.25, 0.3) is 5.91 Å². The number of nitrogens with one attached hydrogen (secondary N) is 3. The molecule has 5 amide bonds. The van der Waals surface area contributed by atoms with Gasteiger partial charge in [-0.3, -0.25) is 24.0 Å². The molecule has 14 nitrogen and oxygen atoms in total. The predicted octanol–water partition coefficient (Wildman–Crippen LogP) is 3.34. The summed E-state index contributed by atoms with van der Waals surface area (Å²) in [6.45, 7) is 7.90. The maximum Gasteiger partial charge on any atom is 0.410 e. The number of rotatable bonds is 6. The van der Waals surface area contributed by atoms with Gasteiger partial charge in [-0.05, 0) is 66.5 Å². The van der Waals surface area contributed by atoms with Gasteiger partial charge in [0.05, 0.1) is 24.9 Å². The van der Waals surface area contributed by atoms with Crippen molar-refractivity contribution in [3.05, 3.63) is 41.0 Å². The van der Waals surface area contributed by atoms with Crippen LogP contribution in [-0.2, 0) is 47.0 Å². The van der Waals surface area contributed by atoms with Gasteiger partial charge in [0.15, 0.2) is 0 Å². The van der Waals surface area contributed by atoms with Crippen molar-refractivity contribution in [2.75, 3.05) is 13.2 Å². The van der Waals surface area contributed by atoms with Crippen LogP contribution in [0.2, 0.25) is 0 Å². The van der Waals surface area contributed by atoms with E-state index in [0.717, 1.165) is 29.5 Å². The van der Waals surface area contributed by atoms with Crippen LogP contribution in [0, 0.1) is 11.3 Å². The monoisotopic (exact) mass is 727 g/mol. The third kappa shape index (κ3) is 7.87. The molecule has 0 unspecified atom stereocenters. The molecule has 51 heavy (non-hydrogen) atoms. The molecular weight excluding hydrogens is 678 g/mol. The molecule has 0 aromatic heterocycles. The van der Waals surface area contributed by atoms with Crippen LogP contribution in [0.3, 0.4) is 0 Å². The second kappa shape index (κ2) is 14.1. The highest BCUT2D eigenvalue weighted by Crippen LogP contribution is 2.47. The summed E-state index contributed by atoms with van der Waals surface area (Å²) in [6, 6.07) is 3.63. The summed E-state index contributed by atoms with van der Waals surface area (Å²) in [6.07, 6.45) is 5.65. The topological polar surface area (TPSA) is 181 Å². The molecule has 2 aliphatic carbocycles. The number of ether oxygens (including phenoxy) is 2. The zero-order chi connectivity index (χ0) is 36.7. The van der Waals surface area contributed by atoms with Crippen LogP contribution in [0.1, 0.15) is 95.8 Å². The number of amides is 5. The summed E-state index contributed by atoms with van der Waals surface area (Å²) in [5.74, 6) is -2.34. The van der Waals surface area contributed by atoms with Crippen molar-refractivity contribution in [2.24, 2.45) is 11.3 Å². The van der Waals surface area contributed by atoms with E-state index in [1.54, 1.807) is 25.7 Å². The largest absolute Gasteiger partial charge is 0.450 e. The van der Waals surface area contributed by atoms with E-state index in [-0.39, 0.29) is 31.9 Å². The average molecular weight is 728 g/mol. The number of allylic oxidation sites excluding steroid dienone is 1. The molecule has 2 saturated carbocycles. The van der Waals surface area contributed by atoms with Crippen LogP contribution in [0.15, 0.2) is 24.3 Å². The molecule has 6 rings (SSSR count). The first-order valence-corrected chi connectivity index (χ1v) is 19.5. The van der Waals surface area contributed by atoms with Gasteiger partial charge in [-0.25, -0.2) is 18.0 Å². The first-order valence-electron chi connectivity index (χ1n) is 18.0. The van der Waals surface area contributed by atoms with Gasteiger partial charge >= 0.3 is 12.2 Å². The maximum atomic E-state index is 14.4. The lowest BCUT2D eigenvalue weighted by atomic mass is 9.85. The van der Waals surface area contributed by atoms with E-state index < -0.39 is 74.3 Å². The molecule has 5 atom stereocenters. The molecule has 3 fully saturated rings. The van der Waals surface area contributed by atoms with E-state index in [1.807, 2.05) is 31.2 Å². The van der Waals surface area contributed by atoms with Crippen molar-refractivity contribution in [1.29, 1.82) is 0 Å². The summed E-state index contributed by atoms with van der Waals surface area (Å²) in [5, 5.41) is 4.88. The van der Waals surface area contributed by atoms with Gasteiger partial charge in [0.1, 0.15) is 23.7 Å². The minimum absolute atomic E-state index is 0.0612. The highest BCUT2D eigenvalue weighted by atomic mass is 32.2. The number of sulfonamides is 1. The Bertz CT molecular complexity index is 1720. The van der Waals surface area contributed by atoms with Crippen molar-refractivity contribution in [2.45, 2.75) is 121 Å². The fourth-order valence-electron chi connectivity index (χ4n) is 7.33. The minimum Gasteiger partial charge on any atom is -0.450 e. The molecule has 0 radical (unpaired) electrons. The standard InChI is InChI=1S/C36H49N5O9S/c1-5-24-18-36(24,32(44)39-51(47,48)26-14-15-26)38-30(42)28-17-25-20-41(28)31(43)29(35(2,3)4)37-33(45)49-16-9-7-6-8-11-22-12-10-13-23-19-40(21-27(22)23)34(46)50-25/h8,10-13,24-26,28-29H,5-7,9,14-21H2,1-4H3,(H,37,45)(H,38,42)(H,39,44)/b11-8+/t24-,25+,28-,29+,36+/m0/s1. The van der Waals surface area contributed by atoms with Crippen LogP contribution in [0.4, 0.5) is 9.59 Å². The molecule has 1 aromatic rings. The van der Waals surface area contributed by atoms with Crippen molar-refractivity contribution in [1.82, 2.24) is 25.2 Å². The Morgan fingerprint density at radius 2 is 1.86 bits per heavy atom. The van der Waals surface area contributed by atoms with Gasteiger partial charge in [-0.2, -0.15) is 0 Å². The molecule has 1 aromatic carbocycles. The predicted molar refractivity (Wildman–Crippen MR) is 186 cm³/mol. The van der Waals surface area contributed by atoms with Crippen LogP contribution >= 0.6 is 0 Å². The van der Waals surface area contributed by atoms with Crippen LogP contribution < -0.4 is 15.4 Å². The Morgan fingerprint density at radius 3 is 2.55 bits per heavy atom. The van der Waals surface area contributed by atoms with E-state index in [9.17, 15) is 32.4 Å². The van der Waals surface area contributed by atoms with Gasteiger partial charge in [-0.1, -0.05) is 64.5 Å². The lowest BCUT2D eigenvalue weighted by Crippen LogP contribution is -2.60. The molecule has 3 heterocycles. The number of fused-ring (bicyclic) bond motifs is 3. The molecular formula is C36H49N5O9S. The molecule has 5 aliphatic rings. The SMILES string of the molecule is CC[C@H]1C[C@]1(NC(=O)[C@@H]1C[C@@H]2CN1C(=O)[C@H](C(C)(C)C)NC(=O)OCCCC/C=C/c1cccc3c1CN(C3)C(=O)O2)C(=O)NS(=O)(=O)C1CC1. The average Bonchev–Trinajstić information content (AvgIpc) is 3.96. The van der Waals surface area contributed by atoms with Gasteiger partial charge < -0.3 is 25.0 Å². The molecule has 1 saturated heterocycles. The molecule has 4 bridgehead atoms. The van der Waals surface area contributed by atoms with Gasteiger partial charge in [-0.15, -0.1) is 0 Å². The zero-order valence-electron chi connectivity index (χ0n) is 29.7. The first kappa shape index (κ1) is 36.6. The molecule has 3 aliphatic heterocycles. The third-order valence-electron chi connectivity index (χ3n) is 10.6. The van der Waals surface area contributed by atoms with Crippen molar-refractivity contribution < 1.29 is 41.9 Å². The lowest BCUT2D eigenvalue weighted by Gasteiger charge is -2.35. The van der Waals surface area contributed by atoms with E-state index in [0.29, 0.717) is 38.8 Å². The number of hydrogen-bond acceptors (Lipinski definition) is 9. The third-order valence-corrected chi connectivity index (χ3v) is 12.4. The van der Waals surface area contributed by atoms with Crippen LogP contribution in [0.5, 0.6) is 0 Å². The number of carbonyl (C=O) groups is 5. The van der Waals surface area contributed by atoms with Crippen molar-refractivity contribution >= 4 is 46.0 Å². The fourth-order valence-corrected chi connectivity index (χ4v) is 8.70. The minimum atomic E-state index is -3.87. The molecule has 15 heteroatoms. The Hall–Kier alpha value is -4.14. The van der Waals surface area contributed by atoms with E-state index in [1.165, 1.54) is 4.90 Å². The Labute approximate surface area is 299 Å². The zero-order valence-corrected chi connectivity index (χ0v) is 30.6. The number of nitrogens with zero attached hydrogens (tertiary/aromatic N) is 2. The maximum absolute atomic E-state index is 14.4. The van der Waals surface area contributed by atoms with Crippen LogP contribution in [-0.4, -0.2) is 90.3 Å². The lowest BCUT2D eigenvalue weighted by molar-refractivity contribution is -0.143. The fraction of sp³-hybridized carbons (Fsp3) is 0.639. The molecule has 0 spiro atoms. The van der Waals surface area contributed by atoms with E-state index >= 15 is 0 Å². The number of carbonyl (C=O) groups excluding carboxylic acids is 5. The highest BCUT2D eigenvalue weighted by Gasteiger charge is 2.62. The normalized spacial score (nSPS) is 29.4. The molecule has 3 N–H and O–H groups in total. The Morgan fingerprint density at radius 1 is 1.10 bits per heavy atom. The van der Waals surface area contributed by atoms with Gasteiger partial charge in [0, 0.05) is 13.0 Å². The van der Waals surface area contributed by atoms with Gasteiger partial charge in [0.2, 0.25) is 21.8 Å². The Balaban J connectivity index is 1.27. The molecule has 278 valence electrons. The van der Waals surface area contributed by atoms with E-state index in [2.05, 4.69) is 21.4 Å². The first-order chi connectivity index (χ1) is 24.1. The summed E-state index contributed by atoms with van der Waals surface area (Å²) in [5.41, 5.74) is 0.766. The second-order valence-electron chi connectivity index (χ2n) is 15.5. The highest BCUT2D eigenvalue weighted by molar-refractivity contribution is 7.91. The summed E-state index contributed by atoms with van der Waals surface area (Å²) < 4.78 is 38.9. The number of cyclic esters (lactones) is 1. The summed E-state index contributed by atoms with van der Waals surface area (Å²) in [7, 11) is -3.87. The van der Waals surface area contributed by atoms with Crippen molar-refractivity contribution in [3.63, 3.8) is 0 Å². The summed E-state index contributed by atoms with van der Waals surface area (Å²) in [4.78, 5) is 71.4. The number of hydrogen-bond donors (Lipinski definition) is 3. The quantitative estimate of drug-likeness (QED) is 0.396. The van der Waals surface area contributed by atoms with Crippen LogP contribution in [0.25, 0.3) is 6.08 Å².